The number of hydrogen-bond donors (Lipinski definition) is 0. The Labute approximate surface area is 120 Å². The zero-order valence-electron chi connectivity index (χ0n) is 12.2. The molecule has 0 amide bonds. The predicted molar refractivity (Wildman–Crippen MR) is 81.0 cm³/mol. The van der Waals surface area contributed by atoms with Gasteiger partial charge in [0.05, 0.1) is 6.42 Å². The third kappa shape index (κ3) is 3.70. The second-order valence-corrected chi connectivity index (χ2v) is 5.26. The number of aryl methyl sites for hydroxylation is 2. The standard InChI is InChI=1S/C18H20O2/c1-13-9-10-17(15(3)11-13)20-18(19)12-14(2)16-7-5-4-6-8-16/h4-11,14H,12H2,1-3H3. The molecular formula is C18H20O2. The number of hydrogen-bond acceptors (Lipinski definition) is 2. The first kappa shape index (κ1) is 14.3. The summed E-state index contributed by atoms with van der Waals surface area (Å²) in [7, 11) is 0. The first-order valence-corrected chi connectivity index (χ1v) is 6.89. The van der Waals surface area contributed by atoms with Crippen LogP contribution in [0.4, 0.5) is 0 Å². The van der Waals surface area contributed by atoms with Crippen molar-refractivity contribution >= 4 is 5.97 Å². The van der Waals surface area contributed by atoms with Crippen molar-refractivity contribution < 1.29 is 9.53 Å². The molecule has 1 unspecified atom stereocenters. The lowest BCUT2D eigenvalue weighted by Crippen LogP contribution is -2.12. The lowest BCUT2D eigenvalue weighted by atomic mass is 9.98. The average molecular weight is 268 g/mol. The van der Waals surface area contributed by atoms with Gasteiger partial charge in [-0.3, -0.25) is 4.79 Å². The number of carbonyl (C=O) groups excluding carboxylic acids is 1. The van der Waals surface area contributed by atoms with Crippen LogP contribution in [0, 0.1) is 13.8 Å². The zero-order chi connectivity index (χ0) is 14.5. The molecule has 2 nitrogen and oxygen atoms in total. The molecule has 0 saturated carbocycles. The summed E-state index contributed by atoms with van der Waals surface area (Å²) in [5.74, 6) is 0.628. The highest BCUT2D eigenvalue weighted by Gasteiger charge is 2.13. The Morgan fingerprint density at radius 2 is 1.80 bits per heavy atom. The van der Waals surface area contributed by atoms with Gasteiger partial charge in [-0.25, -0.2) is 0 Å². The van der Waals surface area contributed by atoms with Crippen LogP contribution in [0.3, 0.4) is 0 Å². The summed E-state index contributed by atoms with van der Waals surface area (Å²) in [4.78, 5) is 12.0. The fraction of sp³-hybridized carbons (Fsp3) is 0.278. The first-order valence-electron chi connectivity index (χ1n) is 6.89. The molecule has 2 aromatic rings. The van der Waals surface area contributed by atoms with E-state index in [1.54, 1.807) is 0 Å². The Hall–Kier alpha value is -2.09. The molecule has 0 saturated heterocycles. The molecule has 2 heteroatoms. The summed E-state index contributed by atoms with van der Waals surface area (Å²) < 4.78 is 5.45. The first-order chi connectivity index (χ1) is 9.56. The maximum atomic E-state index is 12.0. The number of ether oxygens (including phenoxy) is 1. The van der Waals surface area contributed by atoms with E-state index in [9.17, 15) is 4.79 Å². The third-order valence-corrected chi connectivity index (χ3v) is 3.40. The van der Waals surface area contributed by atoms with Crippen molar-refractivity contribution in [3.05, 3.63) is 65.2 Å². The molecule has 0 aliphatic rings. The average Bonchev–Trinajstić information content (AvgIpc) is 2.43. The van der Waals surface area contributed by atoms with Gasteiger partial charge in [-0.15, -0.1) is 0 Å². The van der Waals surface area contributed by atoms with Crippen LogP contribution in [0.5, 0.6) is 5.75 Å². The van der Waals surface area contributed by atoms with Gasteiger partial charge >= 0.3 is 5.97 Å². The molecule has 0 bridgehead atoms. The molecule has 0 N–H and O–H groups in total. The second-order valence-electron chi connectivity index (χ2n) is 5.26. The molecule has 2 rings (SSSR count). The van der Waals surface area contributed by atoms with Crippen molar-refractivity contribution in [2.75, 3.05) is 0 Å². The molecule has 0 aliphatic carbocycles. The van der Waals surface area contributed by atoms with Crippen molar-refractivity contribution in [3.8, 4) is 5.75 Å². The maximum Gasteiger partial charge on any atom is 0.311 e. The molecule has 1 atom stereocenters. The molecule has 0 spiro atoms. The van der Waals surface area contributed by atoms with Crippen LogP contribution in [0.15, 0.2) is 48.5 Å². The van der Waals surface area contributed by atoms with Gasteiger partial charge in [-0.05, 0) is 37.0 Å². The van der Waals surface area contributed by atoms with Gasteiger partial charge < -0.3 is 4.74 Å². The van der Waals surface area contributed by atoms with Crippen molar-refractivity contribution in [3.63, 3.8) is 0 Å². The summed E-state index contributed by atoms with van der Waals surface area (Å²) in [6, 6.07) is 15.9. The van der Waals surface area contributed by atoms with E-state index in [4.69, 9.17) is 4.74 Å². The van der Waals surface area contributed by atoms with E-state index in [-0.39, 0.29) is 11.9 Å². The van der Waals surface area contributed by atoms with E-state index in [2.05, 4.69) is 0 Å². The summed E-state index contributed by atoms with van der Waals surface area (Å²) >= 11 is 0. The number of carbonyl (C=O) groups is 1. The van der Waals surface area contributed by atoms with Crippen LogP contribution >= 0.6 is 0 Å². The monoisotopic (exact) mass is 268 g/mol. The number of esters is 1. The van der Waals surface area contributed by atoms with E-state index in [1.165, 1.54) is 5.56 Å². The second kappa shape index (κ2) is 6.38. The SMILES string of the molecule is Cc1ccc(OC(=O)CC(C)c2ccccc2)c(C)c1. The molecule has 0 fully saturated rings. The van der Waals surface area contributed by atoms with Crippen LogP contribution in [0.1, 0.15) is 36.0 Å². The quantitative estimate of drug-likeness (QED) is 0.606. The minimum atomic E-state index is -0.187. The third-order valence-electron chi connectivity index (χ3n) is 3.40. The minimum absolute atomic E-state index is 0.162. The number of benzene rings is 2. The minimum Gasteiger partial charge on any atom is -0.426 e. The van der Waals surface area contributed by atoms with Gasteiger partial charge in [-0.1, -0.05) is 55.0 Å². The molecule has 0 aliphatic heterocycles. The van der Waals surface area contributed by atoms with Crippen LogP contribution in [0.2, 0.25) is 0 Å². The van der Waals surface area contributed by atoms with Gasteiger partial charge in [0.25, 0.3) is 0 Å². The summed E-state index contributed by atoms with van der Waals surface area (Å²) in [6.07, 6.45) is 0.386. The molecule has 0 radical (unpaired) electrons. The summed E-state index contributed by atoms with van der Waals surface area (Å²) in [5, 5.41) is 0. The smallest absolute Gasteiger partial charge is 0.311 e. The van der Waals surface area contributed by atoms with Crippen LogP contribution in [-0.4, -0.2) is 5.97 Å². The topological polar surface area (TPSA) is 26.3 Å². The Morgan fingerprint density at radius 3 is 2.45 bits per heavy atom. The van der Waals surface area contributed by atoms with Crippen LogP contribution in [0.25, 0.3) is 0 Å². The van der Waals surface area contributed by atoms with E-state index in [0.717, 1.165) is 11.1 Å². The van der Waals surface area contributed by atoms with Crippen LogP contribution in [-0.2, 0) is 4.79 Å². The Kier molecular flexibility index (Phi) is 4.57. The van der Waals surface area contributed by atoms with Gasteiger partial charge in [0.15, 0.2) is 0 Å². The molecule has 104 valence electrons. The maximum absolute atomic E-state index is 12.0. The highest BCUT2D eigenvalue weighted by molar-refractivity contribution is 5.73. The van der Waals surface area contributed by atoms with Gasteiger partial charge in [0.2, 0.25) is 0 Å². The molecule has 2 aromatic carbocycles. The van der Waals surface area contributed by atoms with Crippen molar-refractivity contribution in [2.24, 2.45) is 0 Å². The highest BCUT2D eigenvalue weighted by Crippen LogP contribution is 2.22. The van der Waals surface area contributed by atoms with Crippen LogP contribution < -0.4 is 4.74 Å². The lowest BCUT2D eigenvalue weighted by Gasteiger charge is -2.12. The van der Waals surface area contributed by atoms with E-state index >= 15 is 0 Å². The van der Waals surface area contributed by atoms with E-state index < -0.39 is 0 Å². The zero-order valence-corrected chi connectivity index (χ0v) is 12.2. The lowest BCUT2D eigenvalue weighted by molar-refractivity contribution is -0.134. The predicted octanol–water partition coefficient (Wildman–Crippen LogP) is 4.40. The molecule has 0 aromatic heterocycles. The van der Waals surface area contributed by atoms with E-state index in [0.29, 0.717) is 12.2 Å². The Balaban J connectivity index is 1.99. The van der Waals surface area contributed by atoms with E-state index in [1.807, 2.05) is 69.3 Å². The van der Waals surface area contributed by atoms with Crippen molar-refractivity contribution in [1.29, 1.82) is 0 Å². The van der Waals surface area contributed by atoms with Gasteiger partial charge in [0.1, 0.15) is 5.75 Å². The van der Waals surface area contributed by atoms with Gasteiger partial charge in [0, 0.05) is 0 Å². The fourth-order valence-electron chi connectivity index (χ4n) is 2.23. The largest absolute Gasteiger partial charge is 0.426 e. The van der Waals surface area contributed by atoms with Crippen molar-refractivity contribution in [2.45, 2.75) is 33.1 Å². The fourth-order valence-corrected chi connectivity index (χ4v) is 2.23. The van der Waals surface area contributed by atoms with Gasteiger partial charge in [-0.2, -0.15) is 0 Å². The number of rotatable bonds is 4. The normalized spacial score (nSPS) is 11.9. The Morgan fingerprint density at radius 1 is 1.10 bits per heavy atom. The summed E-state index contributed by atoms with van der Waals surface area (Å²) in [6.45, 7) is 6.02. The Bertz CT molecular complexity index is 588. The molecule has 0 heterocycles. The summed E-state index contributed by atoms with van der Waals surface area (Å²) in [5.41, 5.74) is 3.32. The molecule has 20 heavy (non-hydrogen) atoms. The molecular weight excluding hydrogens is 248 g/mol. The van der Waals surface area contributed by atoms with Crippen molar-refractivity contribution in [1.82, 2.24) is 0 Å². The highest BCUT2D eigenvalue weighted by atomic mass is 16.5.